The summed E-state index contributed by atoms with van der Waals surface area (Å²) in [6.45, 7) is 0.229. The van der Waals surface area contributed by atoms with Crippen LogP contribution in [0.1, 0.15) is 6.23 Å². The lowest BCUT2D eigenvalue weighted by Gasteiger charge is -2.18. The topological polar surface area (TPSA) is 91.9 Å². The second-order valence-electron chi connectivity index (χ2n) is 4.61. The Morgan fingerprint density at radius 3 is 2.70 bits per heavy atom. The summed E-state index contributed by atoms with van der Waals surface area (Å²) in [4.78, 5) is 23.4. The number of aliphatic hydroxyl groups excluding tert-OH is 1. The number of aliphatic hydroxyl groups is 1. The molecule has 1 aliphatic heterocycles. The molecule has 1 aliphatic rings. The molecule has 1 N–H and O–H groups in total. The van der Waals surface area contributed by atoms with Gasteiger partial charge in [-0.25, -0.2) is 4.79 Å². The van der Waals surface area contributed by atoms with E-state index in [1.54, 1.807) is 0 Å². The van der Waals surface area contributed by atoms with Crippen LogP contribution in [0.4, 0.5) is 0 Å². The molecule has 0 bridgehead atoms. The van der Waals surface area contributed by atoms with Gasteiger partial charge in [-0.1, -0.05) is 0 Å². The minimum Gasteiger partial charge on any atom is -0.386 e. The summed E-state index contributed by atoms with van der Waals surface area (Å²) in [7, 11) is 4.32. The molecule has 1 aromatic rings. The van der Waals surface area contributed by atoms with Crippen LogP contribution in [-0.4, -0.2) is 53.4 Å². The summed E-state index contributed by atoms with van der Waals surface area (Å²) in [5, 5.41) is 10.2. The number of hydrogen-bond donors (Lipinski definition) is 1. The average Bonchev–Trinajstić information content (AvgIpc) is 2.73. The molecule has 1 aromatic heterocycles. The third-order valence-electron chi connectivity index (χ3n) is 3.40. The summed E-state index contributed by atoms with van der Waals surface area (Å²) in [5.74, 6) is 0. The van der Waals surface area contributed by atoms with E-state index in [2.05, 4.69) is 0 Å². The van der Waals surface area contributed by atoms with Crippen molar-refractivity contribution in [1.82, 2.24) is 9.13 Å². The Labute approximate surface area is 115 Å². The van der Waals surface area contributed by atoms with Gasteiger partial charge in [-0.15, -0.1) is 0 Å². The molecule has 1 saturated heterocycles. The van der Waals surface area contributed by atoms with Crippen molar-refractivity contribution < 1.29 is 19.3 Å². The molecular weight excluding hydrogens is 268 g/mol. The SMILES string of the molecule is COCC1OC(n2ccc(=O)n(C)c2=O)C(O)C1OC. The van der Waals surface area contributed by atoms with Gasteiger partial charge < -0.3 is 19.3 Å². The van der Waals surface area contributed by atoms with Crippen molar-refractivity contribution in [2.45, 2.75) is 24.5 Å². The van der Waals surface area contributed by atoms with Crippen LogP contribution in [0.3, 0.4) is 0 Å². The number of hydrogen-bond acceptors (Lipinski definition) is 6. The Kier molecular flexibility index (Phi) is 4.39. The number of nitrogens with zero attached hydrogens (tertiary/aromatic N) is 2. The highest BCUT2D eigenvalue weighted by Gasteiger charge is 2.45. The minimum atomic E-state index is -1.03. The highest BCUT2D eigenvalue weighted by atomic mass is 16.6. The first-order valence-corrected chi connectivity index (χ1v) is 6.14. The Balaban J connectivity index is 2.37. The van der Waals surface area contributed by atoms with E-state index < -0.39 is 35.8 Å². The highest BCUT2D eigenvalue weighted by Crippen LogP contribution is 2.30. The minimum absolute atomic E-state index is 0.229. The van der Waals surface area contributed by atoms with Crippen LogP contribution in [-0.2, 0) is 21.3 Å². The van der Waals surface area contributed by atoms with Gasteiger partial charge in [-0.05, 0) is 0 Å². The maximum atomic E-state index is 12.0. The van der Waals surface area contributed by atoms with Gasteiger partial charge in [0, 0.05) is 33.5 Å². The predicted octanol–water partition coefficient (Wildman–Crippen LogP) is -1.53. The molecule has 2 heterocycles. The standard InChI is InChI=1S/C12H18N2O6/c1-13-8(15)4-5-14(12(13)17)11-9(16)10(19-3)7(20-11)6-18-2/h4-5,7,9-11,16H,6H2,1-3H3. The molecule has 0 aromatic carbocycles. The fourth-order valence-electron chi connectivity index (χ4n) is 2.32. The van der Waals surface area contributed by atoms with Crippen molar-refractivity contribution in [2.75, 3.05) is 20.8 Å². The molecule has 8 nitrogen and oxygen atoms in total. The van der Waals surface area contributed by atoms with E-state index in [0.29, 0.717) is 0 Å². The molecule has 8 heteroatoms. The molecule has 4 unspecified atom stereocenters. The van der Waals surface area contributed by atoms with Gasteiger partial charge >= 0.3 is 5.69 Å². The van der Waals surface area contributed by atoms with Gasteiger partial charge in [0.15, 0.2) is 6.23 Å². The van der Waals surface area contributed by atoms with Crippen LogP contribution in [0, 0.1) is 0 Å². The molecule has 0 spiro atoms. The molecule has 20 heavy (non-hydrogen) atoms. The van der Waals surface area contributed by atoms with Crippen molar-refractivity contribution in [2.24, 2.45) is 7.05 Å². The van der Waals surface area contributed by atoms with Crippen LogP contribution in [0.5, 0.6) is 0 Å². The van der Waals surface area contributed by atoms with Gasteiger partial charge in [0.25, 0.3) is 5.56 Å². The van der Waals surface area contributed by atoms with Crippen LogP contribution in [0.15, 0.2) is 21.9 Å². The maximum absolute atomic E-state index is 12.0. The zero-order valence-corrected chi connectivity index (χ0v) is 11.6. The van der Waals surface area contributed by atoms with E-state index >= 15 is 0 Å². The van der Waals surface area contributed by atoms with E-state index in [1.807, 2.05) is 0 Å². The second kappa shape index (κ2) is 5.88. The van der Waals surface area contributed by atoms with Crippen molar-refractivity contribution in [3.05, 3.63) is 33.1 Å². The van der Waals surface area contributed by atoms with Crippen molar-refractivity contribution in [3.63, 3.8) is 0 Å². The Morgan fingerprint density at radius 2 is 2.10 bits per heavy atom. The first kappa shape index (κ1) is 14.9. The summed E-state index contributed by atoms with van der Waals surface area (Å²) < 4.78 is 17.9. The molecule has 2 rings (SSSR count). The Morgan fingerprint density at radius 1 is 1.40 bits per heavy atom. The van der Waals surface area contributed by atoms with E-state index in [0.717, 1.165) is 4.57 Å². The first-order valence-electron chi connectivity index (χ1n) is 6.14. The van der Waals surface area contributed by atoms with Gasteiger partial charge in [-0.3, -0.25) is 13.9 Å². The lowest BCUT2D eigenvalue weighted by molar-refractivity contribution is -0.0644. The maximum Gasteiger partial charge on any atom is 0.332 e. The molecule has 0 aliphatic carbocycles. The lowest BCUT2D eigenvalue weighted by Crippen LogP contribution is -2.42. The third kappa shape index (κ3) is 2.42. The van der Waals surface area contributed by atoms with Crippen LogP contribution >= 0.6 is 0 Å². The molecule has 0 saturated carbocycles. The van der Waals surface area contributed by atoms with Gasteiger partial charge in [0.2, 0.25) is 0 Å². The molecule has 0 amide bonds. The Bertz CT molecular complexity index is 580. The van der Waals surface area contributed by atoms with E-state index in [9.17, 15) is 14.7 Å². The fraction of sp³-hybridized carbons (Fsp3) is 0.667. The van der Waals surface area contributed by atoms with E-state index in [1.165, 1.54) is 38.1 Å². The van der Waals surface area contributed by atoms with Crippen LogP contribution in [0.25, 0.3) is 0 Å². The first-order chi connectivity index (χ1) is 9.51. The highest BCUT2D eigenvalue weighted by molar-refractivity contribution is 4.94. The molecule has 0 radical (unpaired) electrons. The number of ether oxygens (including phenoxy) is 3. The van der Waals surface area contributed by atoms with Crippen molar-refractivity contribution in [3.8, 4) is 0 Å². The Hall–Kier alpha value is -1.48. The number of aromatic nitrogens is 2. The molecule has 1 fully saturated rings. The quantitative estimate of drug-likeness (QED) is 0.722. The number of methoxy groups -OCH3 is 2. The largest absolute Gasteiger partial charge is 0.386 e. The smallest absolute Gasteiger partial charge is 0.332 e. The summed E-state index contributed by atoms with van der Waals surface area (Å²) >= 11 is 0. The molecule has 112 valence electrons. The summed E-state index contributed by atoms with van der Waals surface area (Å²) in [5.41, 5.74) is -0.982. The van der Waals surface area contributed by atoms with Gasteiger partial charge in [0.05, 0.1) is 6.61 Å². The predicted molar refractivity (Wildman–Crippen MR) is 68.5 cm³/mol. The molecular formula is C12H18N2O6. The average molecular weight is 286 g/mol. The zero-order valence-electron chi connectivity index (χ0n) is 11.6. The van der Waals surface area contributed by atoms with Crippen molar-refractivity contribution >= 4 is 0 Å². The summed E-state index contributed by atoms with van der Waals surface area (Å²) in [6, 6.07) is 1.24. The fourth-order valence-corrected chi connectivity index (χ4v) is 2.32. The van der Waals surface area contributed by atoms with Gasteiger partial charge in [0.1, 0.15) is 18.3 Å². The monoisotopic (exact) mass is 286 g/mol. The van der Waals surface area contributed by atoms with Gasteiger partial charge in [-0.2, -0.15) is 0 Å². The zero-order chi connectivity index (χ0) is 14.9. The summed E-state index contributed by atoms with van der Waals surface area (Å²) in [6.07, 6.45) is -1.74. The van der Waals surface area contributed by atoms with Crippen molar-refractivity contribution in [1.29, 1.82) is 0 Å². The van der Waals surface area contributed by atoms with Crippen LogP contribution in [0.2, 0.25) is 0 Å². The van der Waals surface area contributed by atoms with E-state index in [-0.39, 0.29) is 6.61 Å². The molecule has 4 atom stereocenters. The third-order valence-corrected chi connectivity index (χ3v) is 3.40. The van der Waals surface area contributed by atoms with Crippen LogP contribution < -0.4 is 11.2 Å². The normalized spacial score (nSPS) is 29.8. The lowest BCUT2D eigenvalue weighted by atomic mass is 10.1. The second-order valence-corrected chi connectivity index (χ2v) is 4.61. The van der Waals surface area contributed by atoms with E-state index in [4.69, 9.17) is 14.2 Å². The number of rotatable bonds is 4.